The van der Waals surface area contributed by atoms with Gasteiger partial charge in [-0.3, -0.25) is 9.20 Å². The maximum Gasteiger partial charge on any atom is 0.258 e. The molecule has 0 spiro atoms. The molecule has 2 fully saturated rings. The predicted molar refractivity (Wildman–Crippen MR) is 77.4 cm³/mol. The van der Waals surface area contributed by atoms with Crippen LogP contribution in [0.3, 0.4) is 0 Å². The molecule has 22 heavy (non-hydrogen) atoms. The highest BCUT2D eigenvalue weighted by molar-refractivity contribution is 6.00. The summed E-state index contributed by atoms with van der Waals surface area (Å²) in [4.78, 5) is 14.9. The maximum absolute atomic E-state index is 13.0. The predicted octanol–water partition coefficient (Wildman–Crippen LogP) is 0.341. The first-order valence-electron chi connectivity index (χ1n) is 7.59. The van der Waals surface area contributed by atoms with Crippen LogP contribution in [0.4, 0.5) is 0 Å². The highest BCUT2D eigenvalue weighted by Gasteiger charge is 2.43. The number of aliphatic hydroxyl groups is 1. The first-order valence-corrected chi connectivity index (χ1v) is 7.59. The Labute approximate surface area is 127 Å². The van der Waals surface area contributed by atoms with E-state index in [2.05, 4.69) is 10.2 Å². The van der Waals surface area contributed by atoms with Gasteiger partial charge >= 0.3 is 0 Å². The Balaban J connectivity index is 1.66. The number of hydrogen-bond acceptors (Lipinski definition) is 5. The quantitative estimate of drug-likeness (QED) is 0.865. The minimum absolute atomic E-state index is 0.0320. The zero-order valence-electron chi connectivity index (χ0n) is 12.1. The number of aromatic nitrogens is 3. The van der Waals surface area contributed by atoms with E-state index in [1.165, 1.54) is 0 Å². The highest BCUT2D eigenvalue weighted by Crippen LogP contribution is 2.34. The molecule has 3 heterocycles. The van der Waals surface area contributed by atoms with Crippen molar-refractivity contribution in [1.82, 2.24) is 19.5 Å². The summed E-state index contributed by atoms with van der Waals surface area (Å²) in [5, 5.41) is 17.3. The molecule has 7 heteroatoms. The zero-order chi connectivity index (χ0) is 15.1. The Morgan fingerprint density at radius 3 is 3.23 bits per heavy atom. The van der Waals surface area contributed by atoms with Crippen LogP contribution in [0.2, 0.25) is 0 Å². The van der Waals surface area contributed by atoms with Crippen molar-refractivity contribution >= 4 is 11.6 Å². The summed E-state index contributed by atoms with van der Waals surface area (Å²) in [6, 6.07) is 3.66. The molecular weight excluding hydrogens is 284 g/mol. The average molecular weight is 302 g/mol. The highest BCUT2D eigenvalue weighted by atomic mass is 16.5. The molecule has 3 atom stereocenters. The summed E-state index contributed by atoms with van der Waals surface area (Å²) in [7, 11) is 0. The Morgan fingerprint density at radius 2 is 2.36 bits per heavy atom. The number of ether oxygens (including phenoxy) is 1. The van der Waals surface area contributed by atoms with E-state index in [1.807, 2.05) is 17.2 Å². The van der Waals surface area contributed by atoms with Gasteiger partial charge in [-0.05, 0) is 30.9 Å². The standard InChI is InChI=1S/C15H18N4O3/c20-8-10-6-12-13(7-10)22-5-4-19(12)15(21)11-2-1-3-18-9-16-17-14(11)18/h1-3,9-10,12-13,20H,4-8H2/t10-,12+,13+/m1/s1. The second-order valence-corrected chi connectivity index (χ2v) is 5.98. The second kappa shape index (κ2) is 5.33. The fourth-order valence-corrected chi connectivity index (χ4v) is 3.62. The SMILES string of the molecule is O=C(c1cccn2cnnc12)N1CCO[C@H]2C[C@H](CO)C[C@@H]21. The van der Waals surface area contributed by atoms with Gasteiger partial charge in [-0.15, -0.1) is 10.2 Å². The fraction of sp³-hybridized carbons (Fsp3) is 0.533. The molecule has 2 aromatic heterocycles. The molecule has 0 radical (unpaired) electrons. The molecule has 7 nitrogen and oxygen atoms in total. The summed E-state index contributed by atoms with van der Waals surface area (Å²) in [6.45, 7) is 1.27. The number of nitrogens with zero attached hydrogens (tertiary/aromatic N) is 4. The largest absolute Gasteiger partial charge is 0.396 e. The molecule has 1 N–H and O–H groups in total. The van der Waals surface area contributed by atoms with E-state index < -0.39 is 0 Å². The van der Waals surface area contributed by atoms with Crippen LogP contribution in [0.15, 0.2) is 24.7 Å². The van der Waals surface area contributed by atoms with E-state index in [4.69, 9.17) is 4.74 Å². The van der Waals surface area contributed by atoms with Gasteiger partial charge < -0.3 is 14.7 Å². The van der Waals surface area contributed by atoms with Crippen molar-refractivity contribution < 1.29 is 14.6 Å². The molecule has 1 amide bonds. The van der Waals surface area contributed by atoms with Gasteiger partial charge in [0.15, 0.2) is 5.65 Å². The average Bonchev–Trinajstić information content (AvgIpc) is 3.19. The monoisotopic (exact) mass is 302 g/mol. The van der Waals surface area contributed by atoms with Crippen LogP contribution in [0.1, 0.15) is 23.2 Å². The lowest BCUT2D eigenvalue weighted by Crippen LogP contribution is -2.51. The van der Waals surface area contributed by atoms with Gasteiger partial charge in [0, 0.05) is 19.3 Å². The summed E-state index contributed by atoms with van der Waals surface area (Å²) < 4.78 is 7.53. The van der Waals surface area contributed by atoms with Crippen molar-refractivity contribution in [3.8, 4) is 0 Å². The Morgan fingerprint density at radius 1 is 1.45 bits per heavy atom. The molecule has 0 aromatic carbocycles. The molecular formula is C15H18N4O3. The molecule has 1 aliphatic carbocycles. The van der Waals surface area contributed by atoms with Crippen LogP contribution in [0.25, 0.3) is 5.65 Å². The smallest absolute Gasteiger partial charge is 0.258 e. The molecule has 0 unspecified atom stereocenters. The number of morpholine rings is 1. The molecule has 2 aromatic rings. The lowest BCUT2D eigenvalue weighted by molar-refractivity contribution is -0.0448. The van der Waals surface area contributed by atoms with Crippen molar-refractivity contribution in [2.45, 2.75) is 25.0 Å². The molecule has 116 valence electrons. The molecule has 0 bridgehead atoms. The normalized spacial score (nSPS) is 28.0. The Kier molecular flexibility index (Phi) is 3.31. The van der Waals surface area contributed by atoms with Gasteiger partial charge in [-0.25, -0.2) is 0 Å². The third-order valence-corrected chi connectivity index (χ3v) is 4.71. The van der Waals surface area contributed by atoms with E-state index in [1.54, 1.807) is 16.8 Å². The van der Waals surface area contributed by atoms with Gasteiger partial charge in [-0.1, -0.05) is 0 Å². The number of carbonyl (C=O) groups excluding carboxylic acids is 1. The van der Waals surface area contributed by atoms with Crippen molar-refractivity contribution in [3.63, 3.8) is 0 Å². The number of pyridine rings is 1. The van der Waals surface area contributed by atoms with Crippen molar-refractivity contribution in [2.24, 2.45) is 5.92 Å². The van der Waals surface area contributed by atoms with Crippen LogP contribution in [-0.2, 0) is 4.74 Å². The lowest BCUT2D eigenvalue weighted by atomic mass is 10.1. The Hall–Kier alpha value is -1.99. The molecule has 1 saturated heterocycles. The summed E-state index contributed by atoms with van der Waals surface area (Å²) in [5.41, 5.74) is 1.14. The number of carbonyl (C=O) groups is 1. The molecule has 4 rings (SSSR count). The number of amides is 1. The minimum Gasteiger partial charge on any atom is -0.396 e. The summed E-state index contributed by atoms with van der Waals surface area (Å²) in [5.74, 6) is 0.183. The fourth-order valence-electron chi connectivity index (χ4n) is 3.62. The lowest BCUT2D eigenvalue weighted by Gasteiger charge is -2.37. The molecule has 1 aliphatic heterocycles. The van der Waals surface area contributed by atoms with E-state index in [9.17, 15) is 9.90 Å². The van der Waals surface area contributed by atoms with Gasteiger partial charge in [0.05, 0.1) is 24.3 Å². The van der Waals surface area contributed by atoms with Crippen molar-refractivity contribution in [2.75, 3.05) is 19.8 Å². The van der Waals surface area contributed by atoms with E-state index in [-0.39, 0.29) is 30.6 Å². The third kappa shape index (κ3) is 2.08. The number of aliphatic hydroxyl groups excluding tert-OH is 1. The van der Waals surface area contributed by atoms with Crippen molar-refractivity contribution in [3.05, 3.63) is 30.2 Å². The van der Waals surface area contributed by atoms with Gasteiger partial charge in [0.1, 0.15) is 6.33 Å². The van der Waals surface area contributed by atoms with Gasteiger partial charge in [0.2, 0.25) is 0 Å². The number of rotatable bonds is 2. The molecule has 2 aliphatic rings. The van der Waals surface area contributed by atoms with Crippen LogP contribution >= 0.6 is 0 Å². The maximum atomic E-state index is 13.0. The van der Waals surface area contributed by atoms with Crippen LogP contribution in [-0.4, -0.2) is 62.4 Å². The molecule has 1 saturated carbocycles. The van der Waals surface area contributed by atoms with Gasteiger partial charge in [0.25, 0.3) is 5.91 Å². The third-order valence-electron chi connectivity index (χ3n) is 4.71. The topological polar surface area (TPSA) is 80.0 Å². The summed E-state index contributed by atoms with van der Waals surface area (Å²) >= 11 is 0. The van der Waals surface area contributed by atoms with Crippen LogP contribution in [0.5, 0.6) is 0 Å². The minimum atomic E-state index is -0.0320. The first-order chi connectivity index (χ1) is 10.8. The number of hydrogen-bond donors (Lipinski definition) is 1. The summed E-state index contributed by atoms with van der Waals surface area (Å²) in [6.07, 6.45) is 5.06. The van der Waals surface area contributed by atoms with E-state index in [0.717, 1.165) is 12.8 Å². The van der Waals surface area contributed by atoms with E-state index >= 15 is 0 Å². The number of fused-ring (bicyclic) bond motifs is 2. The second-order valence-electron chi connectivity index (χ2n) is 5.98. The Bertz CT molecular complexity index is 701. The van der Waals surface area contributed by atoms with Crippen molar-refractivity contribution in [1.29, 1.82) is 0 Å². The van der Waals surface area contributed by atoms with Gasteiger partial charge in [-0.2, -0.15) is 0 Å². The zero-order valence-corrected chi connectivity index (χ0v) is 12.1. The van der Waals surface area contributed by atoms with Crippen LogP contribution < -0.4 is 0 Å². The first kappa shape index (κ1) is 13.7. The van der Waals surface area contributed by atoms with Crippen LogP contribution in [0, 0.1) is 5.92 Å². The van der Waals surface area contributed by atoms with E-state index in [0.29, 0.717) is 24.4 Å².